The van der Waals surface area contributed by atoms with Gasteiger partial charge in [-0.3, -0.25) is 0 Å². The van der Waals surface area contributed by atoms with E-state index >= 15 is 0 Å². The molecule has 4 aromatic carbocycles. The lowest BCUT2D eigenvalue weighted by molar-refractivity contribution is 0.795. The molecule has 0 fully saturated rings. The van der Waals surface area contributed by atoms with Gasteiger partial charge in [0.2, 0.25) is 0 Å². The maximum Gasteiger partial charge on any atom is 0.0400 e. The number of hydrogen-bond acceptors (Lipinski definition) is 2. The number of rotatable bonds is 9. The molecule has 0 heterocycles. The Morgan fingerprint density at radius 3 is 1.62 bits per heavy atom. The Morgan fingerprint density at radius 1 is 0.529 bits per heavy atom. The van der Waals surface area contributed by atoms with E-state index in [9.17, 15) is 0 Å². The Morgan fingerprint density at radius 2 is 1.06 bits per heavy atom. The lowest BCUT2D eigenvalue weighted by atomic mass is 9.82. The second-order valence-electron chi connectivity index (χ2n) is 9.10. The van der Waals surface area contributed by atoms with Crippen LogP contribution < -0.4 is 11.5 Å². The van der Waals surface area contributed by atoms with Crippen LogP contribution in [0.15, 0.2) is 84.9 Å². The number of benzene rings is 4. The first-order chi connectivity index (χ1) is 16.6. The van der Waals surface area contributed by atoms with Crippen LogP contribution in [0.3, 0.4) is 0 Å². The summed E-state index contributed by atoms with van der Waals surface area (Å²) in [6.45, 7) is 4.49. The number of unbranched alkanes of at least 4 members (excludes halogenated alkanes) is 2. The summed E-state index contributed by atoms with van der Waals surface area (Å²) in [5.41, 5.74) is 24.4. The Bertz CT molecular complexity index is 1240. The number of nitrogens with two attached hydrogens (primary N) is 2. The average molecular weight is 449 g/mol. The fourth-order valence-corrected chi connectivity index (χ4v) is 4.79. The average Bonchev–Trinajstić information content (AvgIpc) is 2.87. The standard InChI is InChI=1S/C32H36N2/c1-3-5-11-23-13-7-9-15-27(23)31-29(25-17-19-26(33)20-18-25)21-22-30(34)32(31)28-16-10-8-14-24(28)12-6-4-2/h7-10,13-22H,3-6,11-12,33-34H2,1-2H3. The maximum atomic E-state index is 6.79. The molecule has 0 saturated carbocycles. The zero-order chi connectivity index (χ0) is 23.9. The summed E-state index contributed by atoms with van der Waals surface area (Å²) in [4.78, 5) is 0. The Hall–Kier alpha value is -3.52. The third kappa shape index (κ3) is 5.02. The molecule has 0 radical (unpaired) electrons. The van der Waals surface area contributed by atoms with Gasteiger partial charge in [-0.25, -0.2) is 0 Å². The van der Waals surface area contributed by atoms with Gasteiger partial charge in [-0.05, 0) is 82.8 Å². The molecule has 2 nitrogen and oxygen atoms in total. The summed E-state index contributed by atoms with van der Waals surface area (Å²) >= 11 is 0. The zero-order valence-electron chi connectivity index (χ0n) is 20.5. The van der Waals surface area contributed by atoms with E-state index in [1.807, 2.05) is 12.1 Å². The van der Waals surface area contributed by atoms with Crippen molar-refractivity contribution in [3.8, 4) is 33.4 Å². The highest BCUT2D eigenvalue weighted by Gasteiger charge is 2.20. The van der Waals surface area contributed by atoms with Crippen LogP contribution in [0.4, 0.5) is 11.4 Å². The van der Waals surface area contributed by atoms with E-state index < -0.39 is 0 Å². The molecule has 0 amide bonds. The second kappa shape index (κ2) is 11.1. The summed E-state index contributed by atoms with van der Waals surface area (Å²) in [6.07, 6.45) is 6.77. The molecule has 4 N–H and O–H groups in total. The van der Waals surface area contributed by atoms with Crippen molar-refractivity contribution < 1.29 is 0 Å². The van der Waals surface area contributed by atoms with Gasteiger partial charge in [0, 0.05) is 16.9 Å². The van der Waals surface area contributed by atoms with E-state index in [2.05, 4.69) is 86.6 Å². The van der Waals surface area contributed by atoms with E-state index in [1.165, 1.54) is 52.6 Å². The summed E-state index contributed by atoms with van der Waals surface area (Å²) in [7, 11) is 0. The summed E-state index contributed by atoms with van der Waals surface area (Å²) < 4.78 is 0. The minimum Gasteiger partial charge on any atom is -0.399 e. The Kier molecular flexibility index (Phi) is 7.69. The van der Waals surface area contributed by atoms with E-state index in [0.29, 0.717) is 0 Å². The first-order valence-corrected chi connectivity index (χ1v) is 12.6. The van der Waals surface area contributed by atoms with Crippen LogP contribution in [0.1, 0.15) is 50.7 Å². The van der Waals surface area contributed by atoms with Crippen molar-refractivity contribution in [2.45, 2.75) is 52.4 Å². The SMILES string of the molecule is CCCCc1ccccc1-c1c(N)ccc(-c2ccc(N)cc2)c1-c1ccccc1CCCC. The van der Waals surface area contributed by atoms with Crippen molar-refractivity contribution in [2.24, 2.45) is 0 Å². The molecule has 0 aromatic heterocycles. The van der Waals surface area contributed by atoms with Gasteiger partial charge in [-0.15, -0.1) is 0 Å². The molecule has 0 unspecified atom stereocenters. The molecule has 0 aliphatic carbocycles. The molecule has 4 aromatic rings. The summed E-state index contributed by atoms with van der Waals surface area (Å²) in [5.74, 6) is 0. The van der Waals surface area contributed by atoms with Crippen LogP contribution in [-0.4, -0.2) is 0 Å². The topological polar surface area (TPSA) is 52.0 Å². The third-order valence-corrected chi connectivity index (χ3v) is 6.63. The van der Waals surface area contributed by atoms with Gasteiger partial charge in [-0.2, -0.15) is 0 Å². The van der Waals surface area contributed by atoms with E-state index in [1.54, 1.807) is 0 Å². The van der Waals surface area contributed by atoms with Crippen LogP contribution in [0.5, 0.6) is 0 Å². The second-order valence-corrected chi connectivity index (χ2v) is 9.10. The fourth-order valence-electron chi connectivity index (χ4n) is 4.79. The molecule has 174 valence electrons. The lowest BCUT2D eigenvalue weighted by Crippen LogP contribution is -2.01. The molecule has 0 aliphatic rings. The minimum atomic E-state index is 0.772. The van der Waals surface area contributed by atoms with Crippen molar-refractivity contribution in [2.75, 3.05) is 11.5 Å². The van der Waals surface area contributed by atoms with Crippen molar-refractivity contribution in [3.63, 3.8) is 0 Å². The number of nitrogen functional groups attached to an aromatic ring is 2. The van der Waals surface area contributed by atoms with Crippen molar-refractivity contribution in [1.82, 2.24) is 0 Å². The van der Waals surface area contributed by atoms with Gasteiger partial charge < -0.3 is 11.5 Å². The molecule has 0 spiro atoms. The molecule has 0 bridgehead atoms. The fraction of sp³-hybridized carbons (Fsp3) is 0.250. The van der Waals surface area contributed by atoms with E-state index in [4.69, 9.17) is 11.5 Å². The molecule has 34 heavy (non-hydrogen) atoms. The van der Waals surface area contributed by atoms with E-state index in [-0.39, 0.29) is 0 Å². The van der Waals surface area contributed by atoms with Gasteiger partial charge in [0.25, 0.3) is 0 Å². The number of aryl methyl sites for hydroxylation is 2. The number of anilines is 2. The van der Waals surface area contributed by atoms with Gasteiger partial charge in [-0.1, -0.05) is 93.4 Å². The smallest absolute Gasteiger partial charge is 0.0400 e. The highest BCUT2D eigenvalue weighted by Crippen LogP contribution is 2.45. The van der Waals surface area contributed by atoms with Gasteiger partial charge in [0.1, 0.15) is 0 Å². The molecular formula is C32H36N2. The van der Waals surface area contributed by atoms with Crippen LogP contribution in [-0.2, 0) is 12.8 Å². The predicted octanol–water partition coefficient (Wildman–Crippen LogP) is 8.54. The minimum absolute atomic E-state index is 0.772. The van der Waals surface area contributed by atoms with Gasteiger partial charge in [0.15, 0.2) is 0 Å². The van der Waals surface area contributed by atoms with Gasteiger partial charge >= 0.3 is 0 Å². The van der Waals surface area contributed by atoms with Gasteiger partial charge in [0.05, 0.1) is 0 Å². The van der Waals surface area contributed by atoms with Crippen molar-refractivity contribution in [3.05, 3.63) is 96.1 Å². The Labute approximate surface area is 204 Å². The molecule has 0 atom stereocenters. The normalized spacial score (nSPS) is 11.0. The summed E-state index contributed by atoms with van der Waals surface area (Å²) in [6, 6.07) is 30.0. The van der Waals surface area contributed by atoms with Crippen LogP contribution >= 0.6 is 0 Å². The summed E-state index contributed by atoms with van der Waals surface area (Å²) in [5, 5.41) is 0. The monoisotopic (exact) mass is 448 g/mol. The quantitative estimate of drug-likeness (QED) is 0.252. The Balaban J connectivity index is 2.04. The molecule has 0 saturated heterocycles. The van der Waals surface area contributed by atoms with Crippen molar-refractivity contribution in [1.29, 1.82) is 0 Å². The number of hydrogen-bond donors (Lipinski definition) is 2. The first-order valence-electron chi connectivity index (χ1n) is 12.6. The predicted molar refractivity (Wildman–Crippen MR) is 149 cm³/mol. The zero-order valence-corrected chi connectivity index (χ0v) is 20.5. The highest BCUT2D eigenvalue weighted by atomic mass is 14.6. The first kappa shape index (κ1) is 23.6. The van der Waals surface area contributed by atoms with Crippen LogP contribution in [0.2, 0.25) is 0 Å². The van der Waals surface area contributed by atoms with Crippen molar-refractivity contribution >= 4 is 11.4 Å². The van der Waals surface area contributed by atoms with Crippen LogP contribution in [0, 0.1) is 0 Å². The van der Waals surface area contributed by atoms with E-state index in [0.717, 1.165) is 41.8 Å². The van der Waals surface area contributed by atoms with Crippen LogP contribution in [0.25, 0.3) is 33.4 Å². The molecule has 4 rings (SSSR count). The third-order valence-electron chi connectivity index (χ3n) is 6.63. The molecule has 2 heteroatoms. The molecule has 0 aliphatic heterocycles. The highest BCUT2D eigenvalue weighted by molar-refractivity contribution is 6.01. The maximum absolute atomic E-state index is 6.79. The largest absolute Gasteiger partial charge is 0.399 e. The lowest BCUT2D eigenvalue weighted by Gasteiger charge is -2.22. The molecular weight excluding hydrogens is 412 g/mol.